The zero-order chi connectivity index (χ0) is 8.97. The maximum Gasteiger partial charge on any atom is -0.0233 e. The second-order valence-corrected chi connectivity index (χ2v) is 4.15. The third-order valence-corrected chi connectivity index (χ3v) is 3.56. The Kier molecular flexibility index (Phi) is 3.84. The molecule has 0 spiro atoms. The van der Waals surface area contributed by atoms with Gasteiger partial charge in [-0.2, -0.15) is 0 Å². The Morgan fingerprint density at radius 3 is 2.42 bits per heavy atom. The summed E-state index contributed by atoms with van der Waals surface area (Å²) in [5.41, 5.74) is 0. The topological polar surface area (TPSA) is 0 Å². The van der Waals surface area contributed by atoms with Crippen molar-refractivity contribution in [3.8, 4) is 0 Å². The van der Waals surface area contributed by atoms with E-state index >= 15 is 0 Å². The molecule has 0 heterocycles. The zero-order valence-electron chi connectivity index (χ0n) is 8.55. The van der Waals surface area contributed by atoms with Crippen molar-refractivity contribution in [1.29, 1.82) is 0 Å². The van der Waals surface area contributed by atoms with Crippen molar-refractivity contribution in [3.63, 3.8) is 0 Å². The van der Waals surface area contributed by atoms with E-state index in [9.17, 15) is 0 Å². The average molecular weight is 166 g/mol. The summed E-state index contributed by atoms with van der Waals surface area (Å²) < 4.78 is 0. The minimum atomic E-state index is 0.829. The summed E-state index contributed by atoms with van der Waals surface area (Å²) in [4.78, 5) is 0. The highest BCUT2D eigenvalue weighted by Gasteiger charge is 2.27. The Morgan fingerprint density at radius 1 is 1.33 bits per heavy atom. The van der Waals surface area contributed by atoms with Crippen LogP contribution in [0.1, 0.15) is 46.0 Å². The Bertz CT molecular complexity index is 133. The van der Waals surface area contributed by atoms with Crippen molar-refractivity contribution in [1.82, 2.24) is 0 Å². The van der Waals surface area contributed by atoms with E-state index in [0.29, 0.717) is 0 Å². The fraction of sp³-hybridized carbons (Fsp3) is 0.833. The Labute approximate surface area is 77.1 Å². The molecule has 1 fully saturated rings. The van der Waals surface area contributed by atoms with Crippen LogP contribution in [0.3, 0.4) is 0 Å². The molecule has 1 aliphatic rings. The normalized spacial score (nSPS) is 29.6. The quantitative estimate of drug-likeness (QED) is 0.553. The monoisotopic (exact) mass is 166 g/mol. The third kappa shape index (κ3) is 2.12. The van der Waals surface area contributed by atoms with Gasteiger partial charge in [0.2, 0.25) is 0 Å². The lowest BCUT2D eigenvalue weighted by molar-refractivity contribution is 0.315. The SMILES string of the molecule is C=CC1CCC(C(CC)CC)C1. The van der Waals surface area contributed by atoms with Crippen LogP contribution in [0.4, 0.5) is 0 Å². The number of rotatable bonds is 4. The lowest BCUT2D eigenvalue weighted by Crippen LogP contribution is -2.09. The van der Waals surface area contributed by atoms with E-state index in [1.807, 2.05) is 0 Å². The summed E-state index contributed by atoms with van der Waals surface area (Å²) in [6.45, 7) is 8.55. The van der Waals surface area contributed by atoms with Crippen LogP contribution >= 0.6 is 0 Å². The van der Waals surface area contributed by atoms with E-state index in [1.165, 1.54) is 32.1 Å². The molecular formula is C12H22. The van der Waals surface area contributed by atoms with Crippen LogP contribution in [-0.2, 0) is 0 Å². The molecular weight excluding hydrogens is 144 g/mol. The molecule has 1 saturated carbocycles. The van der Waals surface area contributed by atoms with Crippen molar-refractivity contribution in [2.45, 2.75) is 46.0 Å². The molecule has 0 amide bonds. The summed E-state index contributed by atoms with van der Waals surface area (Å²) in [6.07, 6.45) is 9.14. The maximum absolute atomic E-state index is 3.89. The molecule has 2 unspecified atom stereocenters. The van der Waals surface area contributed by atoms with E-state index in [-0.39, 0.29) is 0 Å². The van der Waals surface area contributed by atoms with E-state index in [1.54, 1.807) is 0 Å². The first-order chi connectivity index (χ1) is 5.81. The van der Waals surface area contributed by atoms with Gasteiger partial charge in [-0.1, -0.05) is 32.8 Å². The summed E-state index contributed by atoms with van der Waals surface area (Å²) in [6, 6.07) is 0. The van der Waals surface area contributed by atoms with Gasteiger partial charge in [-0.15, -0.1) is 6.58 Å². The van der Waals surface area contributed by atoms with Crippen molar-refractivity contribution < 1.29 is 0 Å². The van der Waals surface area contributed by atoms with Crippen LogP contribution in [0.25, 0.3) is 0 Å². The second-order valence-electron chi connectivity index (χ2n) is 4.15. The molecule has 12 heavy (non-hydrogen) atoms. The molecule has 2 atom stereocenters. The van der Waals surface area contributed by atoms with Gasteiger partial charge in [-0.3, -0.25) is 0 Å². The van der Waals surface area contributed by atoms with Gasteiger partial charge in [-0.05, 0) is 37.0 Å². The predicted octanol–water partition coefficient (Wildman–Crippen LogP) is 4.02. The lowest BCUT2D eigenvalue weighted by Gasteiger charge is -2.20. The standard InChI is InChI=1S/C12H22/c1-4-10-7-8-12(9-10)11(5-2)6-3/h4,10-12H,1,5-9H2,2-3H3. The molecule has 0 heteroatoms. The number of hydrogen-bond acceptors (Lipinski definition) is 0. The molecule has 1 rings (SSSR count). The fourth-order valence-electron chi connectivity index (χ4n) is 2.65. The van der Waals surface area contributed by atoms with Crippen LogP contribution in [0.15, 0.2) is 12.7 Å². The first-order valence-corrected chi connectivity index (χ1v) is 5.44. The molecule has 70 valence electrons. The van der Waals surface area contributed by atoms with Gasteiger partial charge in [0.25, 0.3) is 0 Å². The molecule has 0 aromatic heterocycles. The van der Waals surface area contributed by atoms with Crippen LogP contribution in [-0.4, -0.2) is 0 Å². The van der Waals surface area contributed by atoms with E-state index in [4.69, 9.17) is 0 Å². The average Bonchev–Trinajstić information content (AvgIpc) is 2.55. The fourth-order valence-corrected chi connectivity index (χ4v) is 2.65. The highest BCUT2D eigenvalue weighted by atomic mass is 14.3. The van der Waals surface area contributed by atoms with Crippen molar-refractivity contribution in [2.24, 2.45) is 17.8 Å². The van der Waals surface area contributed by atoms with E-state index in [0.717, 1.165) is 17.8 Å². The molecule has 0 bridgehead atoms. The summed E-state index contributed by atoms with van der Waals surface area (Å²) in [7, 11) is 0. The van der Waals surface area contributed by atoms with Gasteiger partial charge >= 0.3 is 0 Å². The van der Waals surface area contributed by atoms with Gasteiger partial charge in [0.05, 0.1) is 0 Å². The first-order valence-electron chi connectivity index (χ1n) is 5.44. The largest absolute Gasteiger partial charge is 0.103 e. The lowest BCUT2D eigenvalue weighted by atomic mass is 9.86. The molecule has 0 radical (unpaired) electrons. The molecule has 0 aliphatic heterocycles. The highest BCUT2D eigenvalue weighted by Crippen LogP contribution is 2.38. The minimum Gasteiger partial charge on any atom is -0.103 e. The smallest absolute Gasteiger partial charge is 0.0233 e. The Balaban J connectivity index is 2.38. The molecule has 0 aromatic rings. The highest BCUT2D eigenvalue weighted by molar-refractivity contribution is 4.88. The Morgan fingerprint density at radius 2 is 2.00 bits per heavy atom. The van der Waals surface area contributed by atoms with Gasteiger partial charge in [0.15, 0.2) is 0 Å². The second kappa shape index (κ2) is 4.69. The minimum absolute atomic E-state index is 0.829. The van der Waals surface area contributed by atoms with Crippen LogP contribution in [0, 0.1) is 17.8 Å². The number of allylic oxidation sites excluding steroid dienone is 1. The molecule has 0 nitrogen and oxygen atoms in total. The van der Waals surface area contributed by atoms with Crippen LogP contribution in [0.2, 0.25) is 0 Å². The summed E-state index contributed by atoms with van der Waals surface area (Å²) >= 11 is 0. The van der Waals surface area contributed by atoms with Gasteiger partial charge in [0.1, 0.15) is 0 Å². The van der Waals surface area contributed by atoms with Gasteiger partial charge in [0, 0.05) is 0 Å². The third-order valence-electron chi connectivity index (χ3n) is 3.56. The molecule has 0 N–H and O–H groups in total. The molecule has 1 aliphatic carbocycles. The van der Waals surface area contributed by atoms with Crippen LogP contribution < -0.4 is 0 Å². The summed E-state index contributed by atoms with van der Waals surface area (Å²) in [5.74, 6) is 2.81. The molecule has 0 saturated heterocycles. The predicted molar refractivity (Wildman–Crippen MR) is 55.1 cm³/mol. The van der Waals surface area contributed by atoms with E-state index < -0.39 is 0 Å². The van der Waals surface area contributed by atoms with Crippen LogP contribution in [0.5, 0.6) is 0 Å². The Hall–Kier alpha value is -0.260. The van der Waals surface area contributed by atoms with Crippen molar-refractivity contribution in [2.75, 3.05) is 0 Å². The maximum atomic E-state index is 3.89. The van der Waals surface area contributed by atoms with Crippen molar-refractivity contribution in [3.05, 3.63) is 12.7 Å². The van der Waals surface area contributed by atoms with E-state index in [2.05, 4.69) is 26.5 Å². The van der Waals surface area contributed by atoms with Gasteiger partial charge in [-0.25, -0.2) is 0 Å². The van der Waals surface area contributed by atoms with Gasteiger partial charge < -0.3 is 0 Å². The molecule has 0 aromatic carbocycles. The first kappa shape index (κ1) is 9.83. The zero-order valence-corrected chi connectivity index (χ0v) is 8.55. The summed E-state index contributed by atoms with van der Waals surface area (Å²) in [5, 5.41) is 0. The number of hydrogen-bond donors (Lipinski definition) is 0. The van der Waals surface area contributed by atoms with Crippen molar-refractivity contribution >= 4 is 0 Å².